The van der Waals surface area contributed by atoms with Crippen LogP contribution in [0.2, 0.25) is 0 Å². The fourth-order valence-corrected chi connectivity index (χ4v) is 2.74. The van der Waals surface area contributed by atoms with Gasteiger partial charge in [0, 0.05) is 6.04 Å². The molecule has 0 spiro atoms. The standard InChI is InChI=1S/C14H20BrNO/c1-9(2)16-8-11-6-12(11)10-4-5-14(17-3)13(15)7-10/h4-5,7,9,11-12,16H,6,8H2,1-3H3. The van der Waals surface area contributed by atoms with Gasteiger partial charge in [-0.15, -0.1) is 0 Å². The summed E-state index contributed by atoms with van der Waals surface area (Å²) in [7, 11) is 1.70. The molecule has 3 heteroatoms. The normalized spacial score (nSPS) is 22.9. The molecule has 0 heterocycles. The average molecular weight is 298 g/mol. The molecule has 2 rings (SSSR count). The number of methoxy groups -OCH3 is 1. The molecule has 1 N–H and O–H groups in total. The first-order valence-corrected chi connectivity index (χ1v) is 6.98. The lowest BCUT2D eigenvalue weighted by molar-refractivity contribution is 0.412. The maximum atomic E-state index is 5.25. The molecule has 2 unspecified atom stereocenters. The fraction of sp³-hybridized carbons (Fsp3) is 0.571. The number of nitrogens with one attached hydrogen (secondary N) is 1. The Morgan fingerprint density at radius 3 is 2.82 bits per heavy atom. The molecule has 94 valence electrons. The summed E-state index contributed by atoms with van der Waals surface area (Å²) in [5.41, 5.74) is 1.42. The van der Waals surface area contributed by atoms with Gasteiger partial charge in [-0.2, -0.15) is 0 Å². The lowest BCUT2D eigenvalue weighted by Crippen LogP contribution is -2.25. The first-order chi connectivity index (χ1) is 8.11. The van der Waals surface area contributed by atoms with Gasteiger partial charge in [-0.05, 0) is 58.4 Å². The molecular formula is C14H20BrNO. The van der Waals surface area contributed by atoms with Crippen molar-refractivity contribution >= 4 is 15.9 Å². The van der Waals surface area contributed by atoms with Gasteiger partial charge in [0.15, 0.2) is 0 Å². The Morgan fingerprint density at radius 1 is 1.47 bits per heavy atom. The number of benzene rings is 1. The minimum Gasteiger partial charge on any atom is -0.496 e. The first kappa shape index (κ1) is 12.9. The third kappa shape index (κ3) is 3.23. The van der Waals surface area contributed by atoms with Crippen LogP contribution in [0.3, 0.4) is 0 Å². The van der Waals surface area contributed by atoms with Gasteiger partial charge in [0.05, 0.1) is 11.6 Å². The van der Waals surface area contributed by atoms with Crippen LogP contribution < -0.4 is 10.1 Å². The lowest BCUT2D eigenvalue weighted by atomic mass is 10.1. The highest BCUT2D eigenvalue weighted by molar-refractivity contribution is 9.10. The highest BCUT2D eigenvalue weighted by Crippen LogP contribution is 2.48. The van der Waals surface area contributed by atoms with Gasteiger partial charge in [-0.25, -0.2) is 0 Å². The summed E-state index contributed by atoms with van der Waals surface area (Å²) in [6.45, 7) is 5.52. The summed E-state index contributed by atoms with van der Waals surface area (Å²) >= 11 is 3.54. The number of ether oxygens (including phenoxy) is 1. The van der Waals surface area contributed by atoms with Crippen LogP contribution in [-0.2, 0) is 0 Å². The van der Waals surface area contributed by atoms with E-state index in [9.17, 15) is 0 Å². The van der Waals surface area contributed by atoms with Crippen LogP contribution in [0.1, 0.15) is 31.7 Å². The van der Waals surface area contributed by atoms with Crippen molar-refractivity contribution in [2.45, 2.75) is 32.2 Å². The molecule has 1 fully saturated rings. The van der Waals surface area contributed by atoms with Crippen molar-refractivity contribution in [3.8, 4) is 5.75 Å². The van der Waals surface area contributed by atoms with E-state index in [1.54, 1.807) is 7.11 Å². The molecule has 0 amide bonds. The van der Waals surface area contributed by atoms with E-state index in [1.807, 2.05) is 6.07 Å². The monoisotopic (exact) mass is 297 g/mol. The minimum atomic E-state index is 0.582. The van der Waals surface area contributed by atoms with Crippen LogP contribution in [0.25, 0.3) is 0 Å². The minimum absolute atomic E-state index is 0.582. The summed E-state index contributed by atoms with van der Waals surface area (Å²) in [4.78, 5) is 0. The smallest absolute Gasteiger partial charge is 0.133 e. The van der Waals surface area contributed by atoms with Crippen LogP contribution in [0.15, 0.2) is 22.7 Å². The predicted molar refractivity (Wildman–Crippen MR) is 74.7 cm³/mol. The maximum absolute atomic E-state index is 5.25. The number of hydrogen-bond donors (Lipinski definition) is 1. The van der Waals surface area contributed by atoms with E-state index in [-0.39, 0.29) is 0 Å². The Bertz CT molecular complexity index is 392. The second-order valence-electron chi connectivity index (χ2n) is 5.06. The Hall–Kier alpha value is -0.540. The molecule has 0 radical (unpaired) electrons. The first-order valence-electron chi connectivity index (χ1n) is 6.18. The van der Waals surface area contributed by atoms with Crippen molar-refractivity contribution in [2.24, 2.45) is 5.92 Å². The highest BCUT2D eigenvalue weighted by atomic mass is 79.9. The van der Waals surface area contributed by atoms with E-state index in [0.717, 1.165) is 28.6 Å². The molecule has 1 aliphatic rings. The molecule has 17 heavy (non-hydrogen) atoms. The van der Waals surface area contributed by atoms with Gasteiger partial charge in [0.25, 0.3) is 0 Å². The largest absolute Gasteiger partial charge is 0.496 e. The summed E-state index contributed by atoms with van der Waals surface area (Å²) < 4.78 is 6.30. The molecule has 0 bridgehead atoms. The number of halogens is 1. The predicted octanol–water partition coefficient (Wildman–Crippen LogP) is 3.56. The second kappa shape index (κ2) is 5.40. The van der Waals surface area contributed by atoms with Crippen LogP contribution in [0.5, 0.6) is 5.75 Å². The zero-order chi connectivity index (χ0) is 12.4. The van der Waals surface area contributed by atoms with E-state index >= 15 is 0 Å². The maximum Gasteiger partial charge on any atom is 0.133 e. The van der Waals surface area contributed by atoms with Crippen molar-refractivity contribution in [2.75, 3.05) is 13.7 Å². The SMILES string of the molecule is COc1ccc(C2CC2CNC(C)C)cc1Br. The Balaban J connectivity index is 1.94. The van der Waals surface area contributed by atoms with E-state index < -0.39 is 0 Å². The molecule has 2 nitrogen and oxygen atoms in total. The van der Waals surface area contributed by atoms with E-state index in [1.165, 1.54) is 12.0 Å². The molecule has 1 aliphatic carbocycles. The number of hydrogen-bond acceptors (Lipinski definition) is 2. The summed E-state index contributed by atoms with van der Waals surface area (Å²) in [6.07, 6.45) is 1.30. The zero-order valence-electron chi connectivity index (χ0n) is 10.7. The Labute approximate surface area is 112 Å². The van der Waals surface area contributed by atoms with Crippen molar-refractivity contribution in [3.63, 3.8) is 0 Å². The third-order valence-corrected chi connectivity index (χ3v) is 3.93. The molecule has 1 aromatic rings. The summed E-state index contributed by atoms with van der Waals surface area (Å²) in [5, 5.41) is 3.51. The zero-order valence-corrected chi connectivity index (χ0v) is 12.3. The average Bonchev–Trinajstić information content (AvgIpc) is 3.05. The van der Waals surface area contributed by atoms with Gasteiger partial charge < -0.3 is 10.1 Å². The van der Waals surface area contributed by atoms with E-state index in [4.69, 9.17) is 4.74 Å². The van der Waals surface area contributed by atoms with Gasteiger partial charge in [0.2, 0.25) is 0 Å². The number of rotatable bonds is 5. The third-order valence-electron chi connectivity index (χ3n) is 3.31. The van der Waals surface area contributed by atoms with Gasteiger partial charge >= 0.3 is 0 Å². The van der Waals surface area contributed by atoms with Crippen LogP contribution >= 0.6 is 15.9 Å². The van der Waals surface area contributed by atoms with Crippen LogP contribution in [0, 0.1) is 5.92 Å². The summed E-state index contributed by atoms with van der Waals surface area (Å²) in [5.74, 6) is 2.44. The van der Waals surface area contributed by atoms with E-state index in [2.05, 4.69) is 47.2 Å². The second-order valence-corrected chi connectivity index (χ2v) is 5.91. The van der Waals surface area contributed by atoms with Crippen LogP contribution in [0.4, 0.5) is 0 Å². The van der Waals surface area contributed by atoms with E-state index in [0.29, 0.717) is 6.04 Å². The molecule has 1 saturated carbocycles. The van der Waals surface area contributed by atoms with Crippen molar-refractivity contribution in [1.29, 1.82) is 0 Å². The fourth-order valence-electron chi connectivity index (χ4n) is 2.18. The molecule has 0 saturated heterocycles. The Morgan fingerprint density at radius 2 is 2.24 bits per heavy atom. The van der Waals surface area contributed by atoms with Gasteiger partial charge in [-0.3, -0.25) is 0 Å². The van der Waals surface area contributed by atoms with Crippen molar-refractivity contribution in [3.05, 3.63) is 28.2 Å². The van der Waals surface area contributed by atoms with Gasteiger partial charge in [-0.1, -0.05) is 19.9 Å². The lowest BCUT2D eigenvalue weighted by Gasteiger charge is -2.08. The molecule has 1 aromatic carbocycles. The molecule has 2 atom stereocenters. The van der Waals surface area contributed by atoms with Crippen molar-refractivity contribution in [1.82, 2.24) is 5.32 Å². The highest BCUT2D eigenvalue weighted by Gasteiger charge is 2.37. The molecular weight excluding hydrogens is 278 g/mol. The molecule has 0 aliphatic heterocycles. The Kier molecular flexibility index (Phi) is 4.10. The summed E-state index contributed by atoms with van der Waals surface area (Å²) in [6, 6.07) is 7.01. The van der Waals surface area contributed by atoms with Gasteiger partial charge in [0.1, 0.15) is 5.75 Å². The van der Waals surface area contributed by atoms with Crippen LogP contribution in [-0.4, -0.2) is 19.7 Å². The molecule has 0 aromatic heterocycles. The van der Waals surface area contributed by atoms with Crippen molar-refractivity contribution < 1.29 is 4.74 Å². The topological polar surface area (TPSA) is 21.3 Å². The quantitative estimate of drug-likeness (QED) is 0.897.